The number of fused-ring (bicyclic) bond motifs is 2. The van der Waals surface area contributed by atoms with Gasteiger partial charge in [-0.1, -0.05) is 12.1 Å². The van der Waals surface area contributed by atoms with Gasteiger partial charge in [-0.25, -0.2) is 9.59 Å². The molecule has 2 aliphatic carbocycles. The van der Waals surface area contributed by atoms with Crippen LogP contribution in [-0.2, 0) is 33.4 Å². The normalized spacial score (nSPS) is 23.7. The number of ether oxygens (including phenoxy) is 2. The average molecular weight is 889 g/mol. The Morgan fingerprint density at radius 1 is 0.594 bits per heavy atom. The zero-order valence-electron chi connectivity index (χ0n) is 32.4. The zero-order valence-corrected chi connectivity index (χ0v) is 32.4. The Bertz CT molecular complexity index is 2730. The Morgan fingerprint density at radius 3 is 1.47 bits per heavy atom. The van der Waals surface area contributed by atoms with Crippen molar-refractivity contribution in [1.82, 2.24) is 0 Å². The number of hydrogen-bond donors (Lipinski definition) is 14. The third kappa shape index (κ3) is 7.41. The summed E-state index contributed by atoms with van der Waals surface area (Å²) in [6.45, 7) is -0.586. The molecule has 1 saturated heterocycles. The van der Waals surface area contributed by atoms with E-state index in [1.807, 2.05) is 0 Å². The van der Waals surface area contributed by atoms with Crippen molar-refractivity contribution in [1.29, 1.82) is 0 Å². The van der Waals surface area contributed by atoms with Gasteiger partial charge >= 0.3 is 29.8 Å². The summed E-state index contributed by atoms with van der Waals surface area (Å²) in [4.78, 5) is 65.1. The molecule has 0 bridgehead atoms. The van der Waals surface area contributed by atoms with E-state index in [0.717, 1.165) is 60.7 Å². The molecule has 21 heteroatoms. The maximum atomic E-state index is 14.4. The lowest BCUT2D eigenvalue weighted by Gasteiger charge is -2.38. The van der Waals surface area contributed by atoms with E-state index in [0.29, 0.717) is 0 Å². The lowest BCUT2D eigenvalue weighted by atomic mass is 9.67. The van der Waals surface area contributed by atoms with Crippen LogP contribution in [0.4, 0.5) is 0 Å². The number of carbonyl (C=O) groups excluding carboxylic acids is 1. The fourth-order valence-electron chi connectivity index (χ4n) is 8.61. The molecule has 4 aromatic carbocycles. The molecule has 1 heterocycles. The van der Waals surface area contributed by atoms with Crippen molar-refractivity contribution in [2.75, 3.05) is 6.61 Å². The summed E-state index contributed by atoms with van der Waals surface area (Å²) in [7, 11) is 0. The minimum absolute atomic E-state index is 0.143. The lowest BCUT2D eigenvalue weighted by molar-refractivity contribution is -0.208. The van der Waals surface area contributed by atoms with Gasteiger partial charge < -0.3 is 81.0 Å². The summed E-state index contributed by atoms with van der Waals surface area (Å²) < 4.78 is 10.8. The Morgan fingerprint density at radius 2 is 1.05 bits per heavy atom. The minimum atomic E-state index is -2.11. The number of benzene rings is 4. The first-order chi connectivity index (χ1) is 30.1. The predicted octanol–water partition coefficient (Wildman–Crippen LogP) is 2.05. The van der Waals surface area contributed by atoms with E-state index in [1.165, 1.54) is 0 Å². The summed E-state index contributed by atoms with van der Waals surface area (Å²) in [5, 5.41) is 150. The molecule has 1 fully saturated rings. The molecule has 0 saturated carbocycles. The summed E-state index contributed by atoms with van der Waals surface area (Å²) in [5.74, 6) is -23.2. The molecule has 8 atom stereocenters. The Hall–Kier alpha value is -8.01. The number of aliphatic hydroxyl groups excluding tert-OH is 2. The van der Waals surface area contributed by atoms with Crippen molar-refractivity contribution in [3.8, 4) is 57.1 Å². The van der Waals surface area contributed by atoms with Crippen LogP contribution in [0.5, 0.6) is 46.0 Å². The molecule has 7 rings (SSSR count). The second kappa shape index (κ2) is 16.4. The molecule has 0 amide bonds. The van der Waals surface area contributed by atoms with Gasteiger partial charge in [0.05, 0.1) is 36.0 Å². The van der Waals surface area contributed by atoms with Crippen LogP contribution in [0.2, 0.25) is 0 Å². The van der Waals surface area contributed by atoms with Crippen molar-refractivity contribution in [2.45, 2.75) is 42.7 Å². The molecule has 21 nitrogen and oxygen atoms in total. The lowest BCUT2D eigenvalue weighted by Crippen LogP contribution is -2.55. The van der Waals surface area contributed by atoms with E-state index >= 15 is 0 Å². The van der Waals surface area contributed by atoms with Crippen LogP contribution in [0, 0.1) is 11.8 Å². The van der Waals surface area contributed by atoms with Crippen LogP contribution in [-0.4, -0.2) is 132 Å². The maximum Gasteiger partial charge on any atom is 0.335 e. The molecular formula is C43H36O21. The molecule has 1 aliphatic heterocycles. The van der Waals surface area contributed by atoms with Gasteiger partial charge in [0.1, 0.15) is 18.3 Å². The predicted molar refractivity (Wildman–Crippen MR) is 211 cm³/mol. The second-order valence-electron chi connectivity index (χ2n) is 15.2. The average Bonchev–Trinajstić information content (AvgIpc) is 3.22. The molecule has 64 heavy (non-hydrogen) atoms. The number of rotatable bonds is 10. The second-order valence-corrected chi connectivity index (χ2v) is 15.2. The van der Waals surface area contributed by atoms with Gasteiger partial charge in [-0.2, -0.15) is 0 Å². The highest BCUT2D eigenvalue weighted by Crippen LogP contribution is 2.58. The fourth-order valence-corrected chi connectivity index (χ4v) is 8.61. The first kappa shape index (κ1) is 44.1. The molecular weight excluding hydrogens is 852 g/mol. The highest BCUT2D eigenvalue weighted by molar-refractivity contribution is 6.07. The van der Waals surface area contributed by atoms with E-state index < -0.39 is 170 Å². The molecule has 14 N–H and O–H groups in total. The van der Waals surface area contributed by atoms with Gasteiger partial charge in [0.15, 0.2) is 52.1 Å². The van der Waals surface area contributed by atoms with Crippen molar-refractivity contribution < 1.29 is 105 Å². The van der Waals surface area contributed by atoms with Crippen LogP contribution >= 0.6 is 0 Å². The van der Waals surface area contributed by atoms with Crippen LogP contribution in [0.3, 0.4) is 0 Å². The molecule has 3 aliphatic rings. The van der Waals surface area contributed by atoms with Crippen LogP contribution in [0.25, 0.3) is 23.3 Å². The van der Waals surface area contributed by atoms with Crippen LogP contribution in [0.15, 0.2) is 59.7 Å². The van der Waals surface area contributed by atoms with Crippen molar-refractivity contribution in [2.24, 2.45) is 11.8 Å². The van der Waals surface area contributed by atoms with Crippen LogP contribution < -0.4 is 0 Å². The monoisotopic (exact) mass is 888 g/mol. The summed E-state index contributed by atoms with van der Waals surface area (Å²) in [5.41, 5.74) is -5.01. The van der Waals surface area contributed by atoms with E-state index in [2.05, 4.69) is 0 Å². The van der Waals surface area contributed by atoms with E-state index in [9.17, 15) is 95.5 Å². The first-order valence-corrected chi connectivity index (χ1v) is 18.9. The first-order valence-electron chi connectivity index (χ1n) is 18.9. The zero-order chi connectivity index (χ0) is 46.8. The number of hydrogen-bond acceptors (Lipinski definition) is 17. The summed E-state index contributed by atoms with van der Waals surface area (Å²) in [6.07, 6.45) is -6.54. The highest BCUT2D eigenvalue weighted by atomic mass is 16.6. The Kier molecular flexibility index (Phi) is 11.3. The number of carboxylic acids is 4. The molecule has 0 unspecified atom stereocenters. The number of aromatic hydroxyl groups is 8. The number of carboxylic acid groups (broad SMARTS) is 4. The standard InChI is InChI=1S/C43H36O21/c44-21-3-1-13(5-23(21)46)30-17-9-25(48)36(53)32(15(17)7-19(40(56)57)34(30)41(58)59)33-16-8-20(43(62)64-39-28(11-29(51)52)63-12-27(50)38(39)55)35(42(60)61)31(18(16)10-26(49)37(33)54)14-2-4-22(45)24(47)6-14/h1-10,27-28,30-31,34-35,38-39,44-50,53-55H,11-12H2,(H,51,52)(H,56,57)(H,58,59)(H,60,61)/t27-,28-,30+,31+,34+,35+,38-,39-/m0/s1. The number of aliphatic carboxylic acids is 4. The quantitative estimate of drug-likeness (QED) is 0.0800. The Labute approximate surface area is 357 Å². The number of carbonyl (C=O) groups is 5. The number of phenolic OH excluding ortho intramolecular Hbond substituents is 8. The fraction of sp³-hybridized carbons (Fsp3) is 0.233. The van der Waals surface area contributed by atoms with Crippen molar-refractivity contribution >= 4 is 42.0 Å². The van der Waals surface area contributed by atoms with E-state index in [4.69, 9.17) is 9.47 Å². The number of aliphatic hydroxyl groups is 2. The van der Waals surface area contributed by atoms with E-state index in [-0.39, 0.29) is 22.3 Å². The SMILES string of the molecule is O=C(O)C[C@@H]1OC[C@H](O)[C@H](O)[C@H]1OC(=O)C1=Cc2c(cc(O)c(O)c2-c2c(O)c(O)cc3c2C=C(C(=O)O)[C@@H](C(=O)O)[C@@H]3c2ccc(O)c(O)c2)[C@@H](c2ccc(O)c(O)c2)[C@@H]1C(=O)O. The summed E-state index contributed by atoms with van der Waals surface area (Å²) >= 11 is 0. The van der Waals surface area contributed by atoms with Gasteiger partial charge in [-0.05, 0) is 81.9 Å². The molecule has 0 spiro atoms. The Balaban J connectivity index is 1.57. The third-order valence-corrected chi connectivity index (χ3v) is 11.5. The molecule has 334 valence electrons. The third-order valence-electron chi connectivity index (χ3n) is 11.5. The summed E-state index contributed by atoms with van der Waals surface area (Å²) in [6, 6.07) is 7.70. The van der Waals surface area contributed by atoms with Crippen molar-refractivity contribution in [3.63, 3.8) is 0 Å². The smallest absolute Gasteiger partial charge is 0.335 e. The van der Waals surface area contributed by atoms with Crippen LogP contribution in [0.1, 0.15) is 51.6 Å². The minimum Gasteiger partial charge on any atom is -0.504 e. The molecule has 0 aromatic heterocycles. The molecule has 4 aromatic rings. The maximum absolute atomic E-state index is 14.4. The molecule has 0 radical (unpaired) electrons. The largest absolute Gasteiger partial charge is 0.504 e. The number of esters is 1. The number of phenols is 8. The highest BCUT2D eigenvalue weighted by Gasteiger charge is 2.48. The van der Waals surface area contributed by atoms with E-state index in [1.54, 1.807) is 0 Å². The van der Waals surface area contributed by atoms with Gasteiger partial charge in [0, 0.05) is 23.0 Å². The van der Waals surface area contributed by atoms with Gasteiger partial charge in [0.25, 0.3) is 0 Å². The van der Waals surface area contributed by atoms with Crippen molar-refractivity contribution in [3.05, 3.63) is 93.1 Å². The van der Waals surface area contributed by atoms with Gasteiger partial charge in [-0.3, -0.25) is 14.4 Å². The van der Waals surface area contributed by atoms with Gasteiger partial charge in [-0.15, -0.1) is 0 Å². The van der Waals surface area contributed by atoms with Gasteiger partial charge in [0.2, 0.25) is 0 Å². The topological polar surface area (TPSA) is 387 Å².